The summed E-state index contributed by atoms with van der Waals surface area (Å²) in [6.07, 6.45) is 6.22. The van der Waals surface area contributed by atoms with Gasteiger partial charge in [0.25, 0.3) is 0 Å². The Hall–Kier alpha value is -1.53. The molecule has 3 heteroatoms. The summed E-state index contributed by atoms with van der Waals surface area (Å²) in [4.78, 5) is 0. The summed E-state index contributed by atoms with van der Waals surface area (Å²) in [5, 5.41) is 8.97. The van der Waals surface area contributed by atoms with Crippen molar-refractivity contribution in [1.82, 2.24) is 0 Å². The van der Waals surface area contributed by atoms with Gasteiger partial charge in [0.1, 0.15) is 11.9 Å². The highest BCUT2D eigenvalue weighted by Gasteiger charge is 2.44. The summed E-state index contributed by atoms with van der Waals surface area (Å²) < 4.78 is 6.95. The van der Waals surface area contributed by atoms with E-state index in [0.29, 0.717) is 5.56 Å². The second-order valence-electron chi connectivity index (χ2n) is 4.53. The highest BCUT2D eigenvalue weighted by Crippen LogP contribution is 2.47. The van der Waals surface area contributed by atoms with E-state index in [2.05, 4.69) is 41.1 Å². The molecule has 0 saturated carbocycles. The standard InChI is InChI=1S/C14H10BrNO/c1-14-7-10(15)3-5-13(14)17-12-4-2-9(8-16)6-11(12)14/h2-7,13H,1H3. The maximum absolute atomic E-state index is 8.97. The normalized spacial score (nSPS) is 28.8. The van der Waals surface area contributed by atoms with Crippen LogP contribution in [0.1, 0.15) is 18.1 Å². The lowest BCUT2D eigenvalue weighted by molar-refractivity contribution is 0.228. The molecule has 2 unspecified atom stereocenters. The number of ether oxygens (including phenoxy) is 1. The van der Waals surface area contributed by atoms with E-state index in [0.717, 1.165) is 15.8 Å². The van der Waals surface area contributed by atoms with Gasteiger partial charge in [-0.1, -0.05) is 22.0 Å². The van der Waals surface area contributed by atoms with E-state index in [1.807, 2.05) is 18.2 Å². The molecule has 3 rings (SSSR count). The second-order valence-corrected chi connectivity index (χ2v) is 5.45. The Morgan fingerprint density at radius 1 is 1.47 bits per heavy atom. The van der Waals surface area contributed by atoms with Gasteiger partial charge in [0.15, 0.2) is 0 Å². The maximum atomic E-state index is 8.97. The smallest absolute Gasteiger partial charge is 0.130 e. The molecule has 0 radical (unpaired) electrons. The third kappa shape index (κ3) is 1.44. The quantitative estimate of drug-likeness (QED) is 0.732. The van der Waals surface area contributed by atoms with Crippen molar-refractivity contribution >= 4 is 15.9 Å². The Morgan fingerprint density at radius 2 is 2.29 bits per heavy atom. The first kappa shape index (κ1) is 10.6. The first-order chi connectivity index (χ1) is 8.13. The molecule has 1 aliphatic heterocycles. The summed E-state index contributed by atoms with van der Waals surface area (Å²) in [6, 6.07) is 7.77. The van der Waals surface area contributed by atoms with E-state index < -0.39 is 0 Å². The SMILES string of the molecule is CC12C=C(Br)C=CC1Oc1ccc(C#N)cc12. The molecule has 1 aromatic carbocycles. The molecule has 0 spiro atoms. The van der Waals surface area contributed by atoms with Crippen LogP contribution in [0.4, 0.5) is 0 Å². The van der Waals surface area contributed by atoms with Crippen LogP contribution < -0.4 is 4.74 Å². The number of nitrogens with zero attached hydrogens (tertiary/aromatic N) is 1. The monoisotopic (exact) mass is 287 g/mol. The predicted octanol–water partition coefficient (Wildman–Crippen LogP) is 3.43. The molecule has 0 bridgehead atoms. The molecule has 0 N–H and O–H groups in total. The van der Waals surface area contributed by atoms with Crippen molar-refractivity contribution in [3.63, 3.8) is 0 Å². The van der Waals surface area contributed by atoms with E-state index in [9.17, 15) is 0 Å². The lowest BCUT2D eigenvalue weighted by Crippen LogP contribution is -2.33. The van der Waals surface area contributed by atoms with Crippen LogP contribution in [0.2, 0.25) is 0 Å². The van der Waals surface area contributed by atoms with E-state index >= 15 is 0 Å². The number of benzene rings is 1. The number of halogens is 1. The number of allylic oxidation sites excluding steroid dienone is 2. The van der Waals surface area contributed by atoms with Crippen LogP contribution in [0.25, 0.3) is 0 Å². The minimum Gasteiger partial charge on any atom is -0.485 e. The molecule has 0 saturated heterocycles. The van der Waals surface area contributed by atoms with Gasteiger partial charge < -0.3 is 4.74 Å². The van der Waals surface area contributed by atoms with Crippen LogP contribution in [0.3, 0.4) is 0 Å². The maximum Gasteiger partial charge on any atom is 0.130 e. The van der Waals surface area contributed by atoms with Gasteiger partial charge in [0.05, 0.1) is 17.0 Å². The molecule has 1 aliphatic carbocycles. The van der Waals surface area contributed by atoms with Gasteiger partial charge in [-0.25, -0.2) is 0 Å². The lowest BCUT2D eigenvalue weighted by Gasteiger charge is -2.28. The Labute approximate surface area is 108 Å². The second kappa shape index (κ2) is 3.48. The molecule has 17 heavy (non-hydrogen) atoms. The number of rotatable bonds is 0. The molecule has 1 heterocycles. The average molecular weight is 288 g/mol. The van der Waals surface area contributed by atoms with Crippen molar-refractivity contribution in [2.75, 3.05) is 0 Å². The largest absolute Gasteiger partial charge is 0.485 e. The van der Waals surface area contributed by atoms with Crippen LogP contribution in [-0.2, 0) is 5.41 Å². The molecule has 2 atom stereocenters. The van der Waals surface area contributed by atoms with Gasteiger partial charge >= 0.3 is 0 Å². The van der Waals surface area contributed by atoms with Gasteiger partial charge in [0, 0.05) is 10.0 Å². The minimum absolute atomic E-state index is 0.0211. The van der Waals surface area contributed by atoms with Crippen LogP contribution in [0, 0.1) is 11.3 Å². The fraction of sp³-hybridized carbons (Fsp3) is 0.214. The van der Waals surface area contributed by atoms with Crippen LogP contribution in [0.5, 0.6) is 5.75 Å². The number of hydrogen-bond donors (Lipinski definition) is 0. The predicted molar refractivity (Wildman–Crippen MR) is 69.1 cm³/mol. The van der Waals surface area contributed by atoms with Crippen LogP contribution >= 0.6 is 15.9 Å². The zero-order valence-corrected chi connectivity index (χ0v) is 10.9. The van der Waals surface area contributed by atoms with Crippen LogP contribution in [0.15, 0.2) is 40.9 Å². The van der Waals surface area contributed by atoms with Crippen molar-refractivity contribution in [3.05, 3.63) is 52.0 Å². The molecular formula is C14H10BrNO. The fourth-order valence-corrected chi connectivity index (χ4v) is 3.08. The first-order valence-corrected chi connectivity index (χ1v) is 6.20. The summed E-state index contributed by atoms with van der Waals surface area (Å²) in [6.45, 7) is 2.13. The summed E-state index contributed by atoms with van der Waals surface area (Å²) in [5.74, 6) is 0.875. The Bertz CT molecular complexity index is 597. The van der Waals surface area contributed by atoms with Crippen molar-refractivity contribution in [3.8, 4) is 11.8 Å². The molecule has 0 fully saturated rings. The Kier molecular flexibility index (Phi) is 2.17. The number of nitriles is 1. The van der Waals surface area contributed by atoms with E-state index in [1.54, 1.807) is 6.07 Å². The number of hydrogen-bond acceptors (Lipinski definition) is 2. The highest BCUT2D eigenvalue weighted by atomic mass is 79.9. The zero-order valence-electron chi connectivity index (χ0n) is 9.27. The Balaban J connectivity index is 2.20. The summed E-state index contributed by atoms with van der Waals surface area (Å²) in [7, 11) is 0. The zero-order chi connectivity index (χ0) is 12.0. The average Bonchev–Trinajstić information content (AvgIpc) is 2.60. The van der Waals surface area contributed by atoms with Gasteiger partial charge in [-0.2, -0.15) is 5.26 Å². The highest BCUT2D eigenvalue weighted by molar-refractivity contribution is 9.11. The number of fused-ring (bicyclic) bond motifs is 3. The molecule has 0 amide bonds. The molecule has 0 aromatic heterocycles. The van der Waals surface area contributed by atoms with Gasteiger partial charge in [0.2, 0.25) is 0 Å². The third-order valence-electron chi connectivity index (χ3n) is 3.40. The van der Waals surface area contributed by atoms with E-state index in [-0.39, 0.29) is 11.5 Å². The lowest BCUT2D eigenvalue weighted by atomic mass is 9.76. The topological polar surface area (TPSA) is 33.0 Å². The van der Waals surface area contributed by atoms with Crippen molar-refractivity contribution in [1.29, 1.82) is 5.26 Å². The molecule has 84 valence electrons. The van der Waals surface area contributed by atoms with Gasteiger partial charge in [-0.3, -0.25) is 0 Å². The van der Waals surface area contributed by atoms with E-state index in [1.165, 1.54) is 0 Å². The first-order valence-electron chi connectivity index (χ1n) is 5.41. The van der Waals surface area contributed by atoms with Crippen molar-refractivity contribution in [2.24, 2.45) is 0 Å². The Morgan fingerprint density at radius 3 is 3.06 bits per heavy atom. The van der Waals surface area contributed by atoms with E-state index in [4.69, 9.17) is 10.00 Å². The van der Waals surface area contributed by atoms with Crippen molar-refractivity contribution < 1.29 is 4.74 Å². The summed E-state index contributed by atoms with van der Waals surface area (Å²) >= 11 is 3.50. The van der Waals surface area contributed by atoms with Gasteiger partial charge in [-0.05, 0) is 37.3 Å². The summed E-state index contributed by atoms with van der Waals surface area (Å²) in [5.41, 5.74) is 1.58. The fourth-order valence-electron chi connectivity index (χ4n) is 2.45. The molecule has 2 nitrogen and oxygen atoms in total. The molecule has 1 aromatic rings. The molecular weight excluding hydrogens is 278 g/mol. The van der Waals surface area contributed by atoms with Crippen molar-refractivity contribution in [2.45, 2.75) is 18.4 Å². The molecule has 2 aliphatic rings. The third-order valence-corrected chi connectivity index (χ3v) is 3.90. The minimum atomic E-state index is -0.185. The van der Waals surface area contributed by atoms with Gasteiger partial charge in [-0.15, -0.1) is 0 Å². The van der Waals surface area contributed by atoms with Crippen LogP contribution in [-0.4, -0.2) is 6.10 Å².